The van der Waals surface area contributed by atoms with E-state index in [1.165, 1.54) is 12.1 Å². The number of sulfonamides is 1. The number of hydrogen-bond donors (Lipinski definition) is 1. The maximum atomic E-state index is 14.6. The fourth-order valence-corrected chi connectivity index (χ4v) is 4.53. The Morgan fingerprint density at radius 1 is 0.931 bits per heavy atom. The van der Waals surface area contributed by atoms with E-state index in [1.54, 1.807) is 60.7 Å². The predicted octanol–water partition coefficient (Wildman–Crippen LogP) is 5.94. The minimum Gasteiger partial charge on any atom is -0.212 e. The highest BCUT2D eigenvalue weighted by molar-refractivity contribution is 7.89. The molecule has 0 heterocycles. The summed E-state index contributed by atoms with van der Waals surface area (Å²) in [6.07, 6.45) is 0. The molecule has 0 spiro atoms. The van der Waals surface area contributed by atoms with E-state index < -0.39 is 27.8 Å². The SMILES string of the molecule is C=C(F)C(c1ccccc1)C(NS(=O)(=O)c1ccc(C)cc1)c1ccc(Cl)cc1. The van der Waals surface area contributed by atoms with E-state index in [1.807, 2.05) is 13.0 Å². The summed E-state index contributed by atoms with van der Waals surface area (Å²) in [7, 11) is -3.91. The molecule has 0 radical (unpaired) electrons. The Morgan fingerprint density at radius 3 is 2.07 bits per heavy atom. The molecular weight excluding hydrogens is 409 g/mol. The van der Waals surface area contributed by atoms with Crippen LogP contribution in [-0.4, -0.2) is 8.42 Å². The van der Waals surface area contributed by atoms with Gasteiger partial charge >= 0.3 is 0 Å². The lowest BCUT2D eigenvalue weighted by atomic mass is 9.87. The Balaban J connectivity index is 2.08. The Morgan fingerprint density at radius 2 is 1.52 bits per heavy atom. The second kappa shape index (κ2) is 8.91. The summed E-state index contributed by atoms with van der Waals surface area (Å²) in [5, 5.41) is 0.504. The van der Waals surface area contributed by atoms with Crippen LogP contribution in [0.5, 0.6) is 0 Å². The van der Waals surface area contributed by atoms with Gasteiger partial charge in [-0.2, -0.15) is 0 Å². The van der Waals surface area contributed by atoms with Gasteiger partial charge in [-0.15, -0.1) is 0 Å². The van der Waals surface area contributed by atoms with Crippen molar-refractivity contribution in [2.24, 2.45) is 0 Å². The third-order valence-electron chi connectivity index (χ3n) is 4.67. The quantitative estimate of drug-likeness (QED) is 0.505. The van der Waals surface area contributed by atoms with E-state index >= 15 is 0 Å². The van der Waals surface area contributed by atoms with Crippen molar-refractivity contribution in [3.8, 4) is 0 Å². The Labute approximate surface area is 175 Å². The van der Waals surface area contributed by atoms with Crippen LogP contribution in [0.25, 0.3) is 0 Å². The van der Waals surface area contributed by atoms with E-state index in [2.05, 4.69) is 11.3 Å². The molecule has 0 saturated carbocycles. The first kappa shape index (κ1) is 21.2. The van der Waals surface area contributed by atoms with E-state index in [4.69, 9.17) is 11.6 Å². The van der Waals surface area contributed by atoms with Crippen molar-refractivity contribution >= 4 is 21.6 Å². The van der Waals surface area contributed by atoms with Gasteiger partial charge in [0.05, 0.1) is 16.9 Å². The highest BCUT2D eigenvalue weighted by atomic mass is 35.5. The lowest BCUT2D eigenvalue weighted by Crippen LogP contribution is -2.33. The average Bonchev–Trinajstić information content (AvgIpc) is 2.69. The van der Waals surface area contributed by atoms with Gasteiger partial charge in [-0.05, 0) is 42.3 Å². The zero-order valence-electron chi connectivity index (χ0n) is 15.8. The number of nitrogens with one attached hydrogen (secondary N) is 1. The van der Waals surface area contributed by atoms with Crippen LogP contribution in [0.2, 0.25) is 5.02 Å². The second-order valence-corrected chi connectivity index (χ2v) is 8.95. The molecule has 0 amide bonds. The number of halogens is 2. The summed E-state index contributed by atoms with van der Waals surface area (Å²) in [6.45, 7) is 5.36. The normalized spacial score (nSPS) is 13.6. The van der Waals surface area contributed by atoms with Crippen molar-refractivity contribution in [2.45, 2.75) is 23.8 Å². The first-order chi connectivity index (χ1) is 13.8. The third-order valence-corrected chi connectivity index (χ3v) is 6.38. The van der Waals surface area contributed by atoms with Gasteiger partial charge in [0.2, 0.25) is 10.0 Å². The first-order valence-corrected chi connectivity index (χ1v) is 10.9. The van der Waals surface area contributed by atoms with Crippen molar-refractivity contribution in [3.05, 3.63) is 113 Å². The fraction of sp³-hybridized carbons (Fsp3) is 0.130. The average molecular weight is 430 g/mol. The molecule has 0 fully saturated rings. The summed E-state index contributed by atoms with van der Waals surface area (Å²) < 4.78 is 43.4. The molecule has 3 nitrogen and oxygen atoms in total. The molecule has 2 atom stereocenters. The Hall–Kier alpha value is -2.47. The third kappa shape index (κ3) is 5.12. The molecule has 0 aliphatic rings. The van der Waals surface area contributed by atoms with Crippen molar-refractivity contribution in [3.63, 3.8) is 0 Å². The number of rotatable bonds is 7. The van der Waals surface area contributed by atoms with Crippen LogP contribution in [0.3, 0.4) is 0 Å². The summed E-state index contributed by atoms with van der Waals surface area (Å²) in [5.74, 6) is -1.54. The van der Waals surface area contributed by atoms with Gasteiger partial charge in [-0.3, -0.25) is 0 Å². The van der Waals surface area contributed by atoms with E-state index in [0.717, 1.165) is 5.56 Å². The zero-order valence-corrected chi connectivity index (χ0v) is 17.4. The Bertz CT molecular complexity index is 1080. The topological polar surface area (TPSA) is 46.2 Å². The largest absolute Gasteiger partial charge is 0.241 e. The molecule has 29 heavy (non-hydrogen) atoms. The van der Waals surface area contributed by atoms with Crippen LogP contribution in [0.15, 0.2) is 96.2 Å². The van der Waals surface area contributed by atoms with Gasteiger partial charge in [0.25, 0.3) is 0 Å². The lowest BCUT2D eigenvalue weighted by molar-refractivity contribution is 0.461. The summed E-state index contributed by atoms with van der Waals surface area (Å²) in [4.78, 5) is 0.110. The zero-order chi connectivity index (χ0) is 21.0. The standard InChI is InChI=1S/C23H21ClFNO2S/c1-16-8-14-21(15-9-16)29(27,28)26-23(19-10-12-20(24)13-11-19)22(17(2)25)18-6-4-3-5-7-18/h3-15,22-23,26H,2H2,1H3. The van der Waals surface area contributed by atoms with Crippen LogP contribution in [-0.2, 0) is 10.0 Å². The number of hydrogen-bond acceptors (Lipinski definition) is 2. The van der Waals surface area contributed by atoms with Crippen molar-refractivity contribution in [2.75, 3.05) is 0 Å². The summed E-state index contributed by atoms with van der Waals surface area (Å²) >= 11 is 5.99. The fourth-order valence-electron chi connectivity index (χ4n) is 3.17. The molecule has 0 aliphatic heterocycles. The van der Waals surface area contributed by atoms with Gasteiger partial charge in [-0.1, -0.05) is 78.3 Å². The van der Waals surface area contributed by atoms with Crippen molar-refractivity contribution in [1.29, 1.82) is 0 Å². The number of aryl methyl sites for hydroxylation is 1. The van der Waals surface area contributed by atoms with Gasteiger partial charge in [-0.25, -0.2) is 17.5 Å². The van der Waals surface area contributed by atoms with Crippen molar-refractivity contribution < 1.29 is 12.8 Å². The van der Waals surface area contributed by atoms with Crippen LogP contribution in [0, 0.1) is 6.92 Å². The number of benzene rings is 3. The van der Waals surface area contributed by atoms with Gasteiger partial charge in [0.1, 0.15) is 5.83 Å². The molecule has 3 rings (SSSR count). The maximum Gasteiger partial charge on any atom is 0.241 e. The molecule has 0 bridgehead atoms. The molecule has 3 aromatic carbocycles. The molecular formula is C23H21ClFNO2S. The molecule has 3 aromatic rings. The smallest absolute Gasteiger partial charge is 0.212 e. The lowest BCUT2D eigenvalue weighted by Gasteiger charge is -2.28. The van der Waals surface area contributed by atoms with Crippen LogP contribution in [0.1, 0.15) is 28.7 Å². The van der Waals surface area contributed by atoms with Crippen LogP contribution >= 0.6 is 11.6 Å². The van der Waals surface area contributed by atoms with Gasteiger partial charge in [0.15, 0.2) is 0 Å². The van der Waals surface area contributed by atoms with E-state index in [0.29, 0.717) is 16.1 Å². The second-order valence-electron chi connectivity index (χ2n) is 6.80. The highest BCUT2D eigenvalue weighted by Gasteiger charge is 2.32. The summed E-state index contributed by atoms with van der Waals surface area (Å²) in [6, 6.07) is 21.1. The highest BCUT2D eigenvalue weighted by Crippen LogP contribution is 2.38. The molecule has 150 valence electrons. The molecule has 6 heteroatoms. The van der Waals surface area contributed by atoms with Crippen molar-refractivity contribution in [1.82, 2.24) is 4.72 Å². The molecule has 1 N–H and O–H groups in total. The van der Waals surface area contributed by atoms with E-state index in [9.17, 15) is 12.8 Å². The molecule has 0 saturated heterocycles. The van der Waals surface area contributed by atoms with Gasteiger partial charge in [0, 0.05) is 5.02 Å². The summed E-state index contributed by atoms with van der Waals surface area (Å²) in [5.41, 5.74) is 2.14. The van der Waals surface area contributed by atoms with Crippen LogP contribution < -0.4 is 4.72 Å². The molecule has 0 aliphatic carbocycles. The predicted molar refractivity (Wildman–Crippen MR) is 115 cm³/mol. The molecule has 0 aromatic heterocycles. The molecule has 2 unspecified atom stereocenters. The Kier molecular flexibility index (Phi) is 6.52. The monoisotopic (exact) mass is 429 g/mol. The maximum absolute atomic E-state index is 14.6. The van der Waals surface area contributed by atoms with Gasteiger partial charge < -0.3 is 0 Å². The minimum absolute atomic E-state index is 0.110. The minimum atomic E-state index is -3.91. The first-order valence-electron chi connectivity index (χ1n) is 9.01. The van der Waals surface area contributed by atoms with E-state index in [-0.39, 0.29) is 4.90 Å². The van der Waals surface area contributed by atoms with Crippen LogP contribution in [0.4, 0.5) is 4.39 Å².